The van der Waals surface area contributed by atoms with E-state index in [0.717, 1.165) is 6.04 Å². The molecular formula is C6H13NS2. The monoisotopic (exact) mass is 163 g/mol. The molecule has 1 unspecified atom stereocenters. The average molecular weight is 163 g/mol. The molecule has 0 aromatic carbocycles. The molecule has 54 valence electrons. The van der Waals surface area contributed by atoms with Crippen LogP contribution in [-0.2, 0) is 0 Å². The Kier molecular flexibility index (Phi) is 3.22. The molecule has 3 heteroatoms. The van der Waals surface area contributed by atoms with Crippen LogP contribution < -0.4 is 0 Å². The third kappa shape index (κ3) is 2.40. The molecule has 0 aromatic heterocycles. The Morgan fingerprint density at radius 1 is 1.56 bits per heavy atom. The first-order chi connectivity index (χ1) is 4.30. The maximum Gasteiger partial charge on any atom is 0.0179 e. The maximum absolute atomic E-state index is 2.34. The highest BCUT2D eigenvalue weighted by Crippen LogP contribution is 2.31. The highest BCUT2D eigenvalue weighted by atomic mass is 33.1. The summed E-state index contributed by atoms with van der Waals surface area (Å²) in [6.07, 6.45) is 2.74. The zero-order valence-corrected chi connectivity index (χ0v) is 7.60. The lowest BCUT2D eigenvalue weighted by atomic mass is 10.2. The standard InChI is InChI=1S/C6H13NS2/c1-6-4-3-5-8-9-7(6)2/h6H,3-5H2,1-2H3. The van der Waals surface area contributed by atoms with Crippen molar-refractivity contribution >= 4 is 21.8 Å². The Balaban J connectivity index is 2.32. The quantitative estimate of drug-likeness (QED) is 0.399. The summed E-state index contributed by atoms with van der Waals surface area (Å²) in [4.78, 5) is 0. The van der Waals surface area contributed by atoms with E-state index >= 15 is 0 Å². The lowest BCUT2D eigenvalue weighted by Gasteiger charge is -2.18. The number of nitrogens with zero attached hydrogens (tertiary/aromatic N) is 1. The van der Waals surface area contributed by atoms with Crippen LogP contribution in [0.3, 0.4) is 0 Å². The fourth-order valence-electron chi connectivity index (χ4n) is 0.813. The summed E-state index contributed by atoms with van der Waals surface area (Å²) < 4.78 is 2.34. The van der Waals surface area contributed by atoms with E-state index in [1.54, 1.807) is 0 Å². The van der Waals surface area contributed by atoms with Crippen LogP contribution in [0.15, 0.2) is 0 Å². The second kappa shape index (κ2) is 3.74. The van der Waals surface area contributed by atoms with E-state index in [0.29, 0.717) is 0 Å². The molecule has 1 heterocycles. The lowest BCUT2D eigenvalue weighted by Crippen LogP contribution is -2.19. The topological polar surface area (TPSA) is 3.24 Å². The fourth-order valence-corrected chi connectivity index (χ4v) is 3.11. The van der Waals surface area contributed by atoms with Gasteiger partial charge < -0.3 is 0 Å². The van der Waals surface area contributed by atoms with Gasteiger partial charge in [0.25, 0.3) is 0 Å². The van der Waals surface area contributed by atoms with Gasteiger partial charge in [-0.25, -0.2) is 4.31 Å². The maximum atomic E-state index is 2.34. The van der Waals surface area contributed by atoms with Gasteiger partial charge in [-0.3, -0.25) is 0 Å². The number of hydrogen-bond donors (Lipinski definition) is 0. The highest BCUT2D eigenvalue weighted by molar-refractivity contribution is 8.75. The van der Waals surface area contributed by atoms with Crippen LogP contribution in [0.5, 0.6) is 0 Å². The van der Waals surface area contributed by atoms with Gasteiger partial charge in [-0.2, -0.15) is 0 Å². The lowest BCUT2D eigenvalue weighted by molar-refractivity contribution is 0.415. The second-order valence-electron chi connectivity index (χ2n) is 2.43. The zero-order chi connectivity index (χ0) is 6.69. The first-order valence-corrected chi connectivity index (χ1v) is 5.60. The second-order valence-corrected chi connectivity index (χ2v) is 4.96. The van der Waals surface area contributed by atoms with Gasteiger partial charge in [0.1, 0.15) is 0 Å². The molecule has 0 saturated carbocycles. The Hall–Kier alpha value is 0.660. The highest BCUT2D eigenvalue weighted by Gasteiger charge is 2.12. The van der Waals surface area contributed by atoms with Crippen LogP contribution >= 0.6 is 21.8 Å². The predicted molar refractivity (Wildman–Crippen MR) is 46.5 cm³/mol. The summed E-state index contributed by atoms with van der Waals surface area (Å²) in [7, 11) is 6.04. The Bertz CT molecular complexity index is 77.1. The summed E-state index contributed by atoms with van der Waals surface area (Å²) in [6.45, 7) is 2.29. The van der Waals surface area contributed by atoms with E-state index in [-0.39, 0.29) is 0 Å². The van der Waals surface area contributed by atoms with Gasteiger partial charge >= 0.3 is 0 Å². The van der Waals surface area contributed by atoms with Crippen molar-refractivity contribution in [2.24, 2.45) is 0 Å². The van der Waals surface area contributed by atoms with Gasteiger partial charge in [0, 0.05) is 11.8 Å². The van der Waals surface area contributed by atoms with Crippen LogP contribution in [0.1, 0.15) is 19.8 Å². The minimum absolute atomic E-state index is 0.769. The normalized spacial score (nSPS) is 32.0. The van der Waals surface area contributed by atoms with Gasteiger partial charge in [0.2, 0.25) is 0 Å². The van der Waals surface area contributed by atoms with Crippen molar-refractivity contribution in [3.8, 4) is 0 Å². The largest absolute Gasteiger partial charge is 0.242 e. The van der Waals surface area contributed by atoms with Crippen LogP contribution in [0.25, 0.3) is 0 Å². The van der Waals surface area contributed by atoms with E-state index in [1.807, 2.05) is 21.8 Å². The minimum atomic E-state index is 0.769. The molecule has 0 amide bonds. The number of rotatable bonds is 0. The third-order valence-electron chi connectivity index (χ3n) is 1.64. The average Bonchev–Trinajstić information content (AvgIpc) is 1.99. The molecule has 0 N–H and O–H groups in total. The van der Waals surface area contributed by atoms with Gasteiger partial charge in [0.05, 0.1) is 0 Å². The summed E-state index contributed by atoms with van der Waals surface area (Å²) in [5.41, 5.74) is 0. The van der Waals surface area contributed by atoms with E-state index < -0.39 is 0 Å². The molecule has 0 aliphatic carbocycles. The summed E-state index contributed by atoms with van der Waals surface area (Å²) in [6, 6.07) is 0.769. The predicted octanol–water partition coefficient (Wildman–Crippen LogP) is 2.40. The first kappa shape index (κ1) is 7.76. The molecule has 0 aromatic rings. The summed E-state index contributed by atoms with van der Waals surface area (Å²) in [5, 5.41) is 0. The molecule has 9 heavy (non-hydrogen) atoms. The van der Waals surface area contributed by atoms with Crippen molar-refractivity contribution in [1.29, 1.82) is 0 Å². The first-order valence-electron chi connectivity index (χ1n) is 3.33. The van der Waals surface area contributed by atoms with Gasteiger partial charge in [-0.05, 0) is 37.8 Å². The van der Waals surface area contributed by atoms with Gasteiger partial charge in [-0.1, -0.05) is 10.8 Å². The van der Waals surface area contributed by atoms with E-state index in [4.69, 9.17) is 0 Å². The molecule has 0 radical (unpaired) electrons. The summed E-state index contributed by atoms with van der Waals surface area (Å²) in [5.74, 6) is 1.32. The Morgan fingerprint density at radius 2 is 2.33 bits per heavy atom. The molecule has 1 saturated heterocycles. The molecular weight excluding hydrogens is 150 g/mol. The van der Waals surface area contributed by atoms with Crippen LogP contribution in [0, 0.1) is 0 Å². The molecule has 1 rings (SSSR count). The minimum Gasteiger partial charge on any atom is -0.242 e. The van der Waals surface area contributed by atoms with Crippen LogP contribution in [-0.4, -0.2) is 23.1 Å². The van der Waals surface area contributed by atoms with Crippen molar-refractivity contribution < 1.29 is 0 Å². The number of hydrogen-bond acceptors (Lipinski definition) is 3. The van der Waals surface area contributed by atoms with E-state index in [2.05, 4.69) is 18.3 Å². The molecule has 1 aliphatic rings. The van der Waals surface area contributed by atoms with Crippen molar-refractivity contribution in [2.75, 3.05) is 12.8 Å². The van der Waals surface area contributed by atoms with Crippen LogP contribution in [0.2, 0.25) is 0 Å². The molecule has 0 bridgehead atoms. The van der Waals surface area contributed by atoms with Gasteiger partial charge in [-0.15, -0.1) is 0 Å². The van der Waals surface area contributed by atoms with E-state index in [9.17, 15) is 0 Å². The van der Waals surface area contributed by atoms with Crippen molar-refractivity contribution in [2.45, 2.75) is 25.8 Å². The van der Waals surface area contributed by atoms with Crippen molar-refractivity contribution in [3.05, 3.63) is 0 Å². The van der Waals surface area contributed by atoms with Crippen LogP contribution in [0.4, 0.5) is 0 Å². The smallest absolute Gasteiger partial charge is 0.0179 e. The summed E-state index contributed by atoms with van der Waals surface area (Å²) >= 11 is 0. The Labute approximate surface area is 65.1 Å². The van der Waals surface area contributed by atoms with Crippen molar-refractivity contribution in [3.63, 3.8) is 0 Å². The van der Waals surface area contributed by atoms with Crippen molar-refractivity contribution in [1.82, 2.24) is 4.31 Å². The molecule has 1 nitrogen and oxygen atoms in total. The third-order valence-corrected chi connectivity index (χ3v) is 4.32. The molecule has 0 spiro atoms. The fraction of sp³-hybridized carbons (Fsp3) is 1.00. The zero-order valence-electron chi connectivity index (χ0n) is 5.96. The van der Waals surface area contributed by atoms with Gasteiger partial charge in [0.15, 0.2) is 0 Å². The van der Waals surface area contributed by atoms with E-state index in [1.165, 1.54) is 18.6 Å². The molecule has 1 aliphatic heterocycles. The SMILES string of the molecule is CC1CCCSSN1C. The Morgan fingerprint density at radius 3 is 3.11 bits per heavy atom. The molecule has 1 atom stereocenters. The molecule has 1 fully saturated rings.